The summed E-state index contributed by atoms with van der Waals surface area (Å²) in [6.07, 6.45) is 5.46. The Balaban J connectivity index is 1.90. The van der Waals surface area contributed by atoms with Crippen molar-refractivity contribution in [3.8, 4) is 6.07 Å². The minimum absolute atomic E-state index is 0.0429. The molecule has 0 saturated carbocycles. The van der Waals surface area contributed by atoms with Crippen LogP contribution in [-0.4, -0.2) is 17.4 Å². The number of pyridine rings is 1. The number of carbonyl (C=O) groups is 1. The molecule has 0 radical (unpaired) electrons. The molecular formula is C19H16ClN3O. The summed E-state index contributed by atoms with van der Waals surface area (Å²) in [6.45, 7) is 0.474. The zero-order valence-electron chi connectivity index (χ0n) is 12.9. The van der Waals surface area contributed by atoms with Crippen molar-refractivity contribution in [1.29, 1.82) is 5.26 Å². The lowest BCUT2D eigenvalue weighted by molar-refractivity contribution is -0.117. The molecule has 0 bridgehead atoms. The van der Waals surface area contributed by atoms with Crippen molar-refractivity contribution in [3.05, 3.63) is 82.7 Å². The van der Waals surface area contributed by atoms with Crippen molar-refractivity contribution >= 4 is 23.6 Å². The first-order valence-corrected chi connectivity index (χ1v) is 7.80. The molecule has 1 aromatic carbocycles. The van der Waals surface area contributed by atoms with Gasteiger partial charge in [-0.25, -0.2) is 4.98 Å². The summed E-state index contributed by atoms with van der Waals surface area (Å²) in [5, 5.41) is 12.2. The molecule has 2 rings (SSSR count). The Hall–Kier alpha value is -2.90. The van der Waals surface area contributed by atoms with Gasteiger partial charge in [0.05, 0.1) is 5.69 Å². The largest absolute Gasteiger partial charge is 0.351 e. The van der Waals surface area contributed by atoms with Gasteiger partial charge in [-0.05, 0) is 36.3 Å². The van der Waals surface area contributed by atoms with Crippen LogP contribution >= 0.6 is 11.6 Å². The Kier molecular flexibility index (Phi) is 6.75. The van der Waals surface area contributed by atoms with Crippen LogP contribution in [0, 0.1) is 11.3 Å². The Bertz CT molecular complexity index is 792. The van der Waals surface area contributed by atoms with Gasteiger partial charge in [0.25, 0.3) is 5.91 Å². The molecule has 0 unspecified atom stereocenters. The van der Waals surface area contributed by atoms with Gasteiger partial charge in [0.1, 0.15) is 16.8 Å². The monoisotopic (exact) mass is 337 g/mol. The molecule has 4 nitrogen and oxygen atoms in total. The van der Waals surface area contributed by atoms with E-state index in [1.807, 2.05) is 36.4 Å². The number of hydrogen-bond acceptors (Lipinski definition) is 3. The highest BCUT2D eigenvalue weighted by atomic mass is 35.5. The summed E-state index contributed by atoms with van der Waals surface area (Å²) in [7, 11) is 0. The summed E-state index contributed by atoms with van der Waals surface area (Å²) < 4.78 is 0. The second kappa shape index (κ2) is 9.29. The average molecular weight is 338 g/mol. The fourth-order valence-electron chi connectivity index (χ4n) is 1.98. The van der Waals surface area contributed by atoms with E-state index in [2.05, 4.69) is 10.3 Å². The lowest BCUT2D eigenvalue weighted by Crippen LogP contribution is -2.26. The SMILES string of the molecule is N#CC(=CC=Cc1cccc(Cl)n1)C(=O)NCCc1ccccc1. The minimum atomic E-state index is -0.392. The van der Waals surface area contributed by atoms with Gasteiger partial charge in [-0.15, -0.1) is 0 Å². The molecule has 1 aromatic heterocycles. The molecule has 0 fully saturated rings. The zero-order chi connectivity index (χ0) is 17.2. The lowest BCUT2D eigenvalue weighted by Gasteiger charge is -2.04. The van der Waals surface area contributed by atoms with Crippen molar-refractivity contribution in [3.63, 3.8) is 0 Å². The van der Waals surface area contributed by atoms with Gasteiger partial charge in [0, 0.05) is 6.54 Å². The molecule has 1 amide bonds. The van der Waals surface area contributed by atoms with Crippen molar-refractivity contribution in [2.75, 3.05) is 6.54 Å². The molecule has 0 spiro atoms. The topological polar surface area (TPSA) is 65.8 Å². The summed E-state index contributed by atoms with van der Waals surface area (Å²) in [6, 6.07) is 17.0. The van der Waals surface area contributed by atoms with E-state index in [0.29, 0.717) is 23.8 Å². The van der Waals surface area contributed by atoms with E-state index in [4.69, 9.17) is 16.9 Å². The third kappa shape index (κ3) is 5.71. The summed E-state index contributed by atoms with van der Waals surface area (Å²) in [5.41, 5.74) is 1.83. The number of benzene rings is 1. The number of allylic oxidation sites excluding steroid dienone is 2. The highest BCUT2D eigenvalue weighted by Crippen LogP contribution is 2.07. The quantitative estimate of drug-likeness (QED) is 0.379. The molecule has 24 heavy (non-hydrogen) atoms. The lowest BCUT2D eigenvalue weighted by atomic mass is 10.1. The molecule has 120 valence electrons. The second-order valence-electron chi connectivity index (χ2n) is 4.93. The Labute approximate surface area is 146 Å². The molecule has 5 heteroatoms. The van der Waals surface area contributed by atoms with Gasteiger partial charge in [-0.3, -0.25) is 4.79 Å². The number of nitriles is 1. The standard InChI is InChI=1S/C19H16ClN3O/c20-18-11-5-10-17(23-18)9-4-8-16(14-21)19(24)22-13-12-15-6-2-1-3-7-15/h1-11H,12-13H2,(H,22,24). The van der Waals surface area contributed by atoms with Crippen LogP contribution in [0.1, 0.15) is 11.3 Å². The third-order valence-electron chi connectivity index (χ3n) is 3.17. The number of nitrogens with one attached hydrogen (secondary N) is 1. The number of rotatable bonds is 6. The van der Waals surface area contributed by atoms with Crippen molar-refractivity contribution in [2.45, 2.75) is 6.42 Å². The highest BCUT2D eigenvalue weighted by molar-refractivity contribution is 6.29. The van der Waals surface area contributed by atoms with E-state index >= 15 is 0 Å². The number of amides is 1. The fraction of sp³-hybridized carbons (Fsp3) is 0.105. The molecule has 0 saturated heterocycles. The molecule has 0 aliphatic heterocycles. The van der Waals surface area contributed by atoms with E-state index in [0.717, 1.165) is 5.56 Å². The van der Waals surface area contributed by atoms with Crippen LogP contribution in [0.25, 0.3) is 6.08 Å². The maximum atomic E-state index is 12.0. The van der Waals surface area contributed by atoms with Gasteiger partial charge < -0.3 is 5.32 Å². The fourth-order valence-corrected chi connectivity index (χ4v) is 2.15. The normalized spacial score (nSPS) is 11.2. The first-order valence-electron chi connectivity index (χ1n) is 7.42. The van der Waals surface area contributed by atoms with Gasteiger partial charge in [-0.2, -0.15) is 5.26 Å². The van der Waals surface area contributed by atoms with Crippen molar-refractivity contribution < 1.29 is 4.79 Å². The number of carbonyl (C=O) groups excluding carboxylic acids is 1. The zero-order valence-corrected chi connectivity index (χ0v) is 13.7. The maximum absolute atomic E-state index is 12.0. The molecule has 1 N–H and O–H groups in total. The minimum Gasteiger partial charge on any atom is -0.351 e. The number of nitrogens with zero attached hydrogens (tertiary/aromatic N) is 2. The molecule has 2 aromatic rings. The van der Waals surface area contributed by atoms with Crippen molar-refractivity contribution in [2.24, 2.45) is 0 Å². The van der Waals surface area contributed by atoms with Crippen LogP contribution in [0.4, 0.5) is 0 Å². The third-order valence-corrected chi connectivity index (χ3v) is 3.38. The molecule has 0 atom stereocenters. The summed E-state index contributed by atoms with van der Waals surface area (Å²) >= 11 is 5.79. The predicted octanol–water partition coefficient (Wildman–Crippen LogP) is 3.56. The molecule has 0 aliphatic carbocycles. The Morgan fingerprint density at radius 1 is 1.21 bits per heavy atom. The van der Waals surface area contributed by atoms with Crippen LogP contribution in [0.5, 0.6) is 0 Å². The van der Waals surface area contributed by atoms with E-state index in [1.165, 1.54) is 6.08 Å². The van der Waals surface area contributed by atoms with Gasteiger partial charge in [0.15, 0.2) is 0 Å². The van der Waals surface area contributed by atoms with E-state index in [9.17, 15) is 4.79 Å². The van der Waals surface area contributed by atoms with Crippen LogP contribution in [-0.2, 0) is 11.2 Å². The van der Waals surface area contributed by atoms with E-state index in [1.54, 1.807) is 30.4 Å². The summed E-state index contributed by atoms with van der Waals surface area (Å²) in [4.78, 5) is 16.1. The number of aromatic nitrogens is 1. The van der Waals surface area contributed by atoms with E-state index < -0.39 is 5.91 Å². The van der Waals surface area contributed by atoms with E-state index in [-0.39, 0.29) is 5.57 Å². The Morgan fingerprint density at radius 3 is 2.71 bits per heavy atom. The van der Waals surface area contributed by atoms with Crippen LogP contribution in [0.15, 0.2) is 66.3 Å². The first-order chi connectivity index (χ1) is 11.7. The van der Waals surface area contributed by atoms with Crippen molar-refractivity contribution in [1.82, 2.24) is 10.3 Å². The molecular weight excluding hydrogens is 322 g/mol. The first kappa shape index (κ1) is 17.5. The van der Waals surface area contributed by atoms with Gasteiger partial charge in [-0.1, -0.05) is 54.1 Å². The van der Waals surface area contributed by atoms with Crippen LogP contribution < -0.4 is 5.32 Å². The second-order valence-corrected chi connectivity index (χ2v) is 5.32. The predicted molar refractivity (Wildman–Crippen MR) is 95.1 cm³/mol. The summed E-state index contributed by atoms with van der Waals surface area (Å²) in [5.74, 6) is -0.392. The smallest absolute Gasteiger partial charge is 0.261 e. The van der Waals surface area contributed by atoms with Gasteiger partial charge >= 0.3 is 0 Å². The Morgan fingerprint density at radius 2 is 2.00 bits per heavy atom. The highest BCUT2D eigenvalue weighted by Gasteiger charge is 2.06. The number of halogens is 1. The van der Waals surface area contributed by atoms with Crippen LogP contribution in [0.3, 0.4) is 0 Å². The van der Waals surface area contributed by atoms with Gasteiger partial charge in [0.2, 0.25) is 0 Å². The maximum Gasteiger partial charge on any atom is 0.261 e. The molecule has 1 heterocycles. The molecule has 0 aliphatic rings. The number of hydrogen-bond donors (Lipinski definition) is 1. The van der Waals surface area contributed by atoms with Crippen LogP contribution in [0.2, 0.25) is 5.15 Å². The average Bonchev–Trinajstić information content (AvgIpc) is 2.59.